The quantitative estimate of drug-likeness (QED) is 0.363. The van der Waals surface area contributed by atoms with Gasteiger partial charge in [-0.3, -0.25) is 0 Å². The van der Waals surface area contributed by atoms with E-state index in [-0.39, 0.29) is 24.6 Å². The monoisotopic (exact) mass is 486 g/mol. The zero-order valence-corrected chi connectivity index (χ0v) is 17.1. The summed E-state index contributed by atoms with van der Waals surface area (Å²) < 4.78 is 30.0. The van der Waals surface area contributed by atoms with Crippen molar-refractivity contribution in [3.63, 3.8) is 0 Å². The third-order valence-corrected chi connectivity index (χ3v) is 5.70. The van der Waals surface area contributed by atoms with Gasteiger partial charge in [0.05, 0.1) is 13.2 Å². The predicted molar refractivity (Wildman–Crippen MR) is 106 cm³/mol. The van der Waals surface area contributed by atoms with Gasteiger partial charge in [-0.25, -0.2) is 4.79 Å². The highest BCUT2D eigenvalue weighted by atomic mass is 127. The van der Waals surface area contributed by atoms with Crippen LogP contribution in [-0.2, 0) is 28.5 Å². The standard InChI is InChI=1S/C20H23IO6/c21-14-7-4-13(5-8-14)6-9-17(22)26-15-11-24-20-16(12-25-19(15)20)27-18-3-1-2-10-23-18/h4-9,15-16,18-20H,1-3,10-12H2/b9-6+/t15-,16+,18?,19?,20?/m1/s1. The first kappa shape index (κ1) is 19.3. The molecule has 0 bridgehead atoms. The van der Waals surface area contributed by atoms with Gasteiger partial charge in [0, 0.05) is 16.3 Å². The van der Waals surface area contributed by atoms with Gasteiger partial charge in [-0.1, -0.05) is 12.1 Å². The van der Waals surface area contributed by atoms with Crippen LogP contribution in [0.15, 0.2) is 30.3 Å². The number of hydrogen-bond donors (Lipinski definition) is 0. The Morgan fingerprint density at radius 1 is 1.04 bits per heavy atom. The number of benzene rings is 1. The van der Waals surface area contributed by atoms with Gasteiger partial charge in [-0.2, -0.15) is 0 Å². The zero-order valence-electron chi connectivity index (χ0n) is 14.9. The minimum atomic E-state index is -0.412. The molecule has 0 N–H and O–H groups in total. The van der Waals surface area contributed by atoms with Gasteiger partial charge in [0.2, 0.25) is 0 Å². The lowest BCUT2D eigenvalue weighted by molar-refractivity contribution is -0.202. The van der Waals surface area contributed by atoms with Crippen molar-refractivity contribution < 1.29 is 28.5 Å². The normalized spacial score (nSPS) is 33.3. The van der Waals surface area contributed by atoms with Crippen molar-refractivity contribution in [3.05, 3.63) is 39.5 Å². The summed E-state index contributed by atoms with van der Waals surface area (Å²) in [5.74, 6) is -0.397. The van der Waals surface area contributed by atoms with Crippen LogP contribution in [0.2, 0.25) is 0 Å². The summed E-state index contributed by atoms with van der Waals surface area (Å²) in [4.78, 5) is 12.2. The molecule has 1 aromatic rings. The maximum absolute atomic E-state index is 12.2. The highest BCUT2D eigenvalue weighted by Gasteiger charge is 2.50. The molecular formula is C20H23IO6. The minimum Gasteiger partial charge on any atom is -0.454 e. The zero-order chi connectivity index (χ0) is 18.6. The first-order valence-electron chi connectivity index (χ1n) is 9.33. The van der Waals surface area contributed by atoms with E-state index >= 15 is 0 Å². The Labute approximate surface area is 172 Å². The molecule has 7 heteroatoms. The van der Waals surface area contributed by atoms with Crippen molar-refractivity contribution in [2.24, 2.45) is 0 Å². The van der Waals surface area contributed by atoms with E-state index in [2.05, 4.69) is 22.6 Å². The van der Waals surface area contributed by atoms with Crippen LogP contribution in [0.4, 0.5) is 0 Å². The summed E-state index contributed by atoms with van der Waals surface area (Å²) in [7, 11) is 0. The van der Waals surface area contributed by atoms with Crippen molar-refractivity contribution in [1.29, 1.82) is 0 Å². The lowest BCUT2D eigenvalue weighted by Gasteiger charge is -2.27. The molecule has 146 valence electrons. The van der Waals surface area contributed by atoms with E-state index in [4.69, 9.17) is 23.7 Å². The maximum atomic E-state index is 12.2. The first-order chi connectivity index (χ1) is 13.2. The van der Waals surface area contributed by atoms with Crippen LogP contribution < -0.4 is 0 Å². The van der Waals surface area contributed by atoms with E-state index in [0.29, 0.717) is 13.2 Å². The molecule has 3 heterocycles. The SMILES string of the molecule is O=C(/C=C/c1ccc(I)cc1)O[C@@H]1COC2C1OC[C@@H]2OC1CCCCO1. The van der Waals surface area contributed by atoms with Crippen LogP contribution in [0.3, 0.4) is 0 Å². The molecule has 1 aromatic carbocycles. The smallest absolute Gasteiger partial charge is 0.331 e. The van der Waals surface area contributed by atoms with Gasteiger partial charge in [-0.05, 0) is 65.6 Å². The fourth-order valence-corrected chi connectivity index (χ4v) is 3.95. The minimum absolute atomic E-state index is 0.177. The lowest BCUT2D eigenvalue weighted by atomic mass is 10.1. The van der Waals surface area contributed by atoms with E-state index < -0.39 is 12.1 Å². The Bertz CT molecular complexity index is 670. The second-order valence-corrected chi connectivity index (χ2v) is 8.17. The Kier molecular flexibility index (Phi) is 6.44. The highest BCUT2D eigenvalue weighted by Crippen LogP contribution is 2.32. The maximum Gasteiger partial charge on any atom is 0.331 e. The summed E-state index contributed by atoms with van der Waals surface area (Å²) in [6.07, 6.45) is 5.00. The molecule has 3 aliphatic heterocycles. The molecule has 3 saturated heterocycles. The molecule has 5 atom stereocenters. The van der Waals surface area contributed by atoms with Gasteiger partial charge >= 0.3 is 5.97 Å². The number of carbonyl (C=O) groups is 1. The number of rotatable bonds is 5. The van der Waals surface area contributed by atoms with Gasteiger partial charge in [0.25, 0.3) is 0 Å². The summed E-state index contributed by atoms with van der Waals surface area (Å²) in [5, 5.41) is 0. The number of ether oxygens (including phenoxy) is 5. The predicted octanol–water partition coefficient (Wildman–Crippen LogP) is 2.93. The number of halogens is 1. The van der Waals surface area contributed by atoms with Crippen molar-refractivity contribution in [3.8, 4) is 0 Å². The second-order valence-electron chi connectivity index (χ2n) is 6.93. The molecule has 0 amide bonds. The van der Waals surface area contributed by atoms with Crippen LogP contribution in [-0.4, -0.2) is 56.5 Å². The van der Waals surface area contributed by atoms with Crippen molar-refractivity contribution >= 4 is 34.6 Å². The number of hydrogen-bond acceptors (Lipinski definition) is 6. The fourth-order valence-electron chi connectivity index (χ4n) is 3.59. The van der Waals surface area contributed by atoms with Crippen LogP contribution >= 0.6 is 22.6 Å². The number of carbonyl (C=O) groups excluding carboxylic acids is 1. The fraction of sp³-hybridized carbons (Fsp3) is 0.550. The Morgan fingerprint density at radius 3 is 2.52 bits per heavy atom. The Morgan fingerprint density at radius 2 is 1.78 bits per heavy atom. The highest BCUT2D eigenvalue weighted by molar-refractivity contribution is 14.1. The average molecular weight is 486 g/mol. The van der Waals surface area contributed by atoms with Gasteiger partial charge in [0.1, 0.15) is 18.3 Å². The number of esters is 1. The molecule has 3 fully saturated rings. The second kappa shape index (κ2) is 9.00. The molecule has 0 aliphatic carbocycles. The van der Waals surface area contributed by atoms with Crippen LogP contribution in [0.25, 0.3) is 6.08 Å². The van der Waals surface area contributed by atoms with Crippen LogP contribution in [0, 0.1) is 3.57 Å². The summed E-state index contributed by atoms with van der Waals surface area (Å²) in [5.41, 5.74) is 0.950. The van der Waals surface area contributed by atoms with E-state index in [9.17, 15) is 4.79 Å². The van der Waals surface area contributed by atoms with E-state index in [1.165, 1.54) is 6.08 Å². The molecule has 0 saturated carbocycles. The molecular weight excluding hydrogens is 463 g/mol. The Balaban J connectivity index is 1.28. The number of fused-ring (bicyclic) bond motifs is 1. The summed E-state index contributed by atoms with van der Waals surface area (Å²) >= 11 is 2.24. The molecule has 27 heavy (non-hydrogen) atoms. The molecule has 3 aliphatic rings. The van der Waals surface area contributed by atoms with E-state index in [0.717, 1.165) is 35.0 Å². The third kappa shape index (κ3) is 4.89. The van der Waals surface area contributed by atoms with Crippen LogP contribution in [0.1, 0.15) is 24.8 Å². The first-order valence-corrected chi connectivity index (χ1v) is 10.4. The molecule has 0 radical (unpaired) electrons. The lowest BCUT2D eigenvalue weighted by Crippen LogP contribution is -2.37. The molecule has 6 nitrogen and oxygen atoms in total. The van der Waals surface area contributed by atoms with Gasteiger partial charge in [0.15, 0.2) is 12.4 Å². The van der Waals surface area contributed by atoms with Gasteiger partial charge in [-0.15, -0.1) is 0 Å². The third-order valence-electron chi connectivity index (χ3n) is 4.98. The largest absolute Gasteiger partial charge is 0.454 e. The Hall–Kier alpha value is -1.00. The van der Waals surface area contributed by atoms with E-state index in [1.807, 2.05) is 24.3 Å². The molecule has 0 spiro atoms. The van der Waals surface area contributed by atoms with E-state index in [1.54, 1.807) is 6.08 Å². The molecule has 0 aromatic heterocycles. The van der Waals surface area contributed by atoms with Crippen LogP contribution in [0.5, 0.6) is 0 Å². The molecule has 3 unspecified atom stereocenters. The molecule has 4 rings (SSSR count). The van der Waals surface area contributed by atoms with Gasteiger partial charge < -0.3 is 23.7 Å². The average Bonchev–Trinajstić information content (AvgIpc) is 3.26. The van der Waals surface area contributed by atoms with Crippen molar-refractivity contribution in [1.82, 2.24) is 0 Å². The topological polar surface area (TPSA) is 63.2 Å². The summed E-state index contributed by atoms with van der Waals surface area (Å²) in [6.45, 7) is 1.49. The van der Waals surface area contributed by atoms with Crippen molar-refractivity contribution in [2.45, 2.75) is 50.0 Å². The summed E-state index contributed by atoms with van der Waals surface area (Å²) in [6, 6.07) is 7.89. The van der Waals surface area contributed by atoms with Crippen molar-refractivity contribution in [2.75, 3.05) is 19.8 Å².